The predicted molar refractivity (Wildman–Crippen MR) is 68.8 cm³/mol. The molecule has 0 spiro atoms. The number of piperidine rings is 1. The van der Waals surface area contributed by atoms with E-state index in [9.17, 15) is 9.90 Å². The van der Waals surface area contributed by atoms with Crippen LogP contribution in [0.3, 0.4) is 0 Å². The minimum absolute atomic E-state index is 0.0411. The summed E-state index contributed by atoms with van der Waals surface area (Å²) in [5, 5.41) is 9.84. The highest BCUT2D eigenvalue weighted by Gasteiger charge is 2.31. The van der Waals surface area contributed by atoms with Crippen molar-refractivity contribution < 1.29 is 9.90 Å². The fourth-order valence-electron chi connectivity index (χ4n) is 2.34. The van der Waals surface area contributed by atoms with E-state index in [2.05, 4.69) is 6.92 Å². The van der Waals surface area contributed by atoms with E-state index in [-0.39, 0.29) is 18.1 Å². The molecular weight excluding hydrogens is 216 g/mol. The first kappa shape index (κ1) is 14.5. The van der Waals surface area contributed by atoms with Crippen LogP contribution >= 0.6 is 0 Å². The van der Waals surface area contributed by atoms with Crippen LogP contribution in [0.1, 0.15) is 33.1 Å². The van der Waals surface area contributed by atoms with Gasteiger partial charge >= 0.3 is 0 Å². The lowest BCUT2D eigenvalue weighted by atomic mass is 9.95. The standard InChI is InChI=1S/C13H26N2O2/c1-5-6-11(14(3)4)13(17)15-8-7-10(2)12(16)9-15/h10-12,16H,5-9H2,1-4H3. The number of aliphatic hydroxyl groups excluding tert-OH is 1. The summed E-state index contributed by atoms with van der Waals surface area (Å²) < 4.78 is 0. The van der Waals surface area contributed by atoms with E-state index < -0.39 is 0 Å². The molecule has 1 heterocycles. The van der Waals surface area contributed by atoms with Gasteiger partial charge in [0.1, 0.15) is 0 Å². The summed E-state index contributed by atoms with van der Waals surface area (Å²) in [7, 11) is 3.89. The zero-order valence-corrected chi connectivity index (χ0v) is 11.5. The number of nitrogens with zero attached hydrogens (tertiary/aromatic N) is 2. The fraction of sp³-hybridized carbons (Fsp3) is 0.923. The molecule has 1 saturated heterocycles. The molecule has 1 aliphatic rings. The van der Waals surface area contributed by atoms with Crippen molar-refractivity contribution in [2.24, 2.45) is 5.92 Å². The van der Waals surface area contributed by atoms with Gasteiger partial charge in [0.2, 0.25) is 5.91 Å². The minimum Gasteiger partial charge on any atom is -0.391 e. The molecule has 4 heteroatoms. The Morgan fingerprint density at radius 3 is 2.65 bits per heavy atom. The molecule has 0 aromatic rings. The van der Waals surface area contributed by atoms with Crippen molar-refractivity contribution in [2.75, 3.05) is 27.2 Å². The molecule has 0 aliphatic carbocycles. The van der Waals surface area contributed by atoms with Crippen LogP contribution in [0, 0.1) is 5.92 Å². The zero-order valence-electron chi connectivity index (χ0n) is 11.5. The number of aliphatic hydroxyl groups is 1. The Kier molecular flexibility index (Phi) is 5.40. The van der Waals surface area contributed by atoms with Gasteiger partial charge in [0.05, 0.1) is 12.1 Å². The van der Waals surface area contributed by atoms with Crippen molar-refractivity contribution in [2.45, 2.75) is 45.3 Å². The van der Waals surface area contributed by atoms with E-state index in [0.29, 0.717) is 12.5 Å². The number of β-amino-alcohol motifs (C(OH)–C–C–N with tert-alkyl or cyclic N) is 1. The Balaban J connectivity index is 2.61. The molecule has 3 atom stereocenters. The Bertz CT molecular complexity index is 256. The Labute approximate surface area is 105 Å². The largest absolute Gasteiger partial charge is 0.391 e. The van der Waals surface area contributed by atoms with Crippen LogP contribution < -0.4 is 0 Å². The van der Waals surface area contributed by atoms with Crippen LogP contribution in [0.4, 0.5) is 0 Å². The number of hydrogen-bond acceptors (Lipinski definition) is 3. The second-order valence-electron chi connectivity index (χ2n) is 5.39. The van der Waals surface area contributed by atoms with Crippen molar-refractivity contribution in [3.63, 3.8) is 0 Å². The number of amides is 1. The quantitative estimate of drug-likeness (QED) is 0.798. The van der Waals surface area contributed by atoms with Gasteiger partial charge in [-0.3, -0.25) is 9.69 Å². The van der Waals surface area contributed by atoms with Gasteiger partial charge in [-0.25, -0.2) is 0 Å². The number of likely N-dealkylation sites (tertiary alicyclic amines) is 1. The number of rotatable bonds is 4. The van der Waals surface area contributed by atoms with Crippen molar-refractivity contribution in [3.05, 3.63) is 0 Å². The summed E-state index contributed by atoms with van der Waals surface area (Å²) >= 11 is 0. The van der Waals surface area contributed by atoms with Crippen molar-refractivity contribution >= 4 is 5.91 Å². The second kappa shape index (κ2) is 6.36. The Hall–Kier alpha value is -0.610. The minimum atomic E-state index is -0.364. The Morgan fingerprint density at radius 2 is 2.18 bits per heavy atom. The van der Waals surface area contributed by atoms with Crippen LogP contribution in [-0.2, 0) is 4.79 Å². The van der Waals surface area contributed by atoms with Crippen LogP contribution in [0.2, 0.25) is 0 Å². The highest BCUT2D eigenvalue weighted by Crippen LogP contribution is 2.19. The normalized spacial score (nSPS) is 27.3. The number of hydrogen-bond donors (Lipinski definition) is 1. The van der Waals surface area contributed by atoms with Gasteiger partial charge in [-0.1, -0.05) is 20.3 Å². The van der Waals surface area contributed by atoms with Crippen molar-refractivity contribution in [1.82, 2.24) is 9.80 Å². The summed E-state index contributed by atoms with van der Waals surface area (Å²) in [4.78, 5) is 16.2. The van der Waals surface area contributed by atoms with Gasteiger partial charge in [0.15, 0.2) is 0 Å². The first-order valence-electron chi connectivity index (χ1n) is 6.60. The molecule has 0 bridgehead atoms. The highest BCUT2D eigenvalue weighted by atomic mass is 16.3. The van der Waals surface area contributed by atoms with Crippen LogP contribution in [-0.4, -0.2) is 60.1 Å². The first-order valence-corrected chi connectivity index (χ1v) is 6.60. The van der Waals surface area contributed by atoms with Gasteiger partial charge in [0, 0.05) is 13.1 Å². The molecule has 17 heavy (non-hydrogen) atoms. The predicted octanol–water partition coefficient (Wildman–Crippen LogP) is 0.946. The number of carbonyl (C=O) groups is 1. The maximum absolute atomic E-state index is 12.4. The lowest BCUT2D eigenvalue weighted by Gasteiger charge is -2.37. The fourth-order valence-corrected chi connectivity index (χ4v) is 2.34. The lowest BCUT2D eigenvalue weighted by Crippen LogP contribution is -2.52. The van der Waals surface area contributed by atoms with Gasteiger partial charge in [0.25, 0.3) is 0 Å². The van der Waals surface area contributed by atoms with Crippen molar-refractivity contribution in [3.8, 4) is 0 Å². The van der Waals surface area contributed by atoms with Crippen LogP contribution in [0.25, 0.3) is 0 Å². The maximum atomic E-state index is 12.4. The van der Waals surface area contributed by atoms with Gasteiger partial charge in [-0.2, -0.15) is 0 Å². The van der Waals surface area contributed by atoms with Crippen molar-refractivity contribution in [1.29, 1.82) is 0 Å². The third-order valence-corrected chi connectivity index (χ3v) is 3.70. The van der Waals surface area contributed by atoms with Gasteiger partial charge < -0.3 is 10.0 Å². The maximum Gasteiger partial charge on any atom is 0.239 e. The molecule has 100 valence electrons. The molecular formula is C13H26N2O2. The smallest absolute Gasteiger partial charge is 0.239 e. The number of carbonyl (C=O) groups excluding carboxylic acids is 1. The topological polar surface area (TPSA) is 43.8 Å². The molecule has 1 N–H and O–H groups in total. The number of likely N-dealkylation sites (N-methyl/N-ethyl adjacent to an activating group) is 1. The summed E-state index contributed by atoms with van der Waals surface area (Å²) in [6, 6.07) is -0.0411. The SMILES string of the molecule is CCCC(C(=O)N1CCC(C)C(O)C1)N(C)C. The van der Waals surface area contributed by atoms with Crippen LogP contribution in [0.15, 0.2) is 0 Å². The van der Waals surface area contributed by atoms with Gasteiger partial charge in [-0.15, -0.1) is 0 Å². The molecule has 0 aromatic heterocycles. The van der Waals surface area contributed by atoms with E-state index in [4.69, 9.17) is 0 Å². The lowest BCUT2D eigenvalue weighted by molar-refractivity contribution is -0.140. The third-order valence-electron chi connectivity index (χ3n) is 3.70. The van der Waals surface area contributed by atoms with E-state index in [0.717, 1.165) is 25.8 Å². The highest BCUT2D eigenvalue weighted by molar-refractivity contribution is 5.82. The first-order chi connectivity index (χ1) is 7.97. The average Bonchev–Trinajstić information content (AvgIpc) is 2.28. The van der Waals surface area contributed by atoms with E-state index in [1.165, 1.54) is 0 Å². The zero-order chi connectivity index (χ0) is 13.0. The third kappa shape index (κ3) is 3.68. The second-order valence-corrected chi connectivity index (χ2v) is 5.39. The molecule has 0 radical (unpaired) electrons. The molecule has 1 aliphatic heterocycles. The molecule has 1 fully saturated rings. The molecule has 0 aromatic carbocycles. The average molecular weight is 242 g/mol. The molecule has 1 rings (SSSR count). The van der Waals surface area contributed by atoms with Crippen LogP contribution in [0.5, 0.6) is 0 Å². The van der Waals surface area contributed by atoms with E-state index >= 15 is 0 Å². The summed E-state index contributed by atoms with van der Waals surface area (Å²) in [5.74, 6) is 0.478. The summed E-state index contributed by atoms with van der Waals surface area (Å²) in [6.07, 6.45) is 2.42. The summed E-state index contributed by atoms with van der Waals surface area (Å²) in [5.41, 5.74) is 0. The molecule has 0 saturated carbocycles. The van der Waals surface area contributed by atoms with Gasteiger partial charge in [-0.05, 0) is 32.9 Å². The Morgan fingerprint density at radius 1 is 1.53 bits per heavy atom. The molecule has 1 amide bonds. The summed E-state index contributed by atoms with van der Waals surface area (Å²) in [6.45, 7) is 5.41. The van der Waals surface area contributed by atoms with E-state index in [1.807, 2.05) is 30.8 Å². The monoisotopic (exact) mass is 242 g/mol. The van der Waals surface area contributed by atoms with E-state index in [1.54, 1.807) is 0 Å². The molecule has 4 nitrogen and oxygen atoms in total. The molecule has 3 unspecified atom stereocenters.